The van der Waals surface area contributed by atoms with Crippen molar-refractivity contribution in [2.24, 2.45) is 0 Å². The van der Waals surface area contributed by atoms with E-state index < -0.39 is 0 Å². The van der Waals surface area contributed by atoms with Crippen molar-refractivity contribution in [3.63, 3.8) is 0 Å². The molecule has 0 aliphatic heterocycles. The Morgan fingerprint density at radius 3 is 1.95 bits per heavy atom. The molecule has 12 rings (SSSR count). The van der Waals surface area contributed by atoms with Crippen LogP contribution < -0.4 is 9.30 Å². The monoisotopic (exact) mass is 728 g/mol. The summed E-state index contributed by atoms with van der Waals surface area (Å²) in [6, 6.07) is 68.1. The summed E-state index contributed by atoms with van der Waals surface area (Å²) in [5, 5.41) is 10.6. The van der Waals surface area contributed by atoms with E-state index in [0.717, 1.165) is 72.4 Å². The Morgan fingerprint density at radius 1 is 0.456 bits per heavy atom. The van der Waals surface area contributed by atoms with Crippen molar-refractivity contribution in [3.8, 4) is 28.7 Å². The summed E-state index contributed by atoms with van der Waals surface area (Å²) in [5.41, 5.74) is 7.23. The average Bonchev–Trinajstić information content (AvgIpc) is 3.82. The molecule has 0 bridgehead atoms. The number of imidazole rings is 1. The summed E-state index contributed by atoms with van der Waals surface area (Å²) in [5.74, 6) is 2.37. The van der Waals surface area contributed by atoms with E-state index in [1.165, 1.54) is 32.3 Å². The van der Waals surface area contributed by atoms with Gasteiger partial charge in [-0.05, 0) is 82.2 Å². The molecule has 0 radical (unpaired) electrons. The van der Waals surface area contributed by atoms with Crippen LogP contribution in [0, 0.1) is 6.33 Å². The zero-order chi connectivity index (χ0) is 37.5. The summed E-state index contributed by atoms with van der Waals surface area (Å²) in [6.45, 7) is 0. The molecule has 0 aliphatic carbocycles. The van der Waals surface area contributed by atoms with Crippen molar-refractivity contribution >= 4 is 76.1 Å². The summed E-state index contributed by atoms with van der Waals surface area (Å²) < 4.78 is 13.3. The number of rotatable bonds is 5. The maximum absolute atomic E-state index is 6.73. The summed E-state index contributed by atoms with van der Waals surface area (Å²) >= 11 is 0. The minimum absolute atomic E-state index is 0.736. The fourth-order valence-corrected chi connectivity index (χ4v) is 8.77. The third-order valence-electron chi connectivity index (χ3n) is 11.3. The first-order chi connectivity index (χ1) is 28.3. The number of hydrogen-bond acceptors (Lipinski definition) is 2. The lowest BCUT2D eigenvalue weighted by atomic mass is 9.95. The molecule has 0 fully saturated rings. The predicted molar refractivity (Wildman–Crippen MR) is 232 cm³/mol. The quantitative estimate of drug-likeness (QED) is 0.100. The molecule has 12 aromatic rings. The van der Waals surface area contributed by atoms with Gasteiger partial charge in [0.15, 0.2) is 0 Å². The van der Waals surface area contributed by atoms with E-state index in [-0.39, 0.29) is 0 Å². The molecule has 0 N–H and O–H groups in total. The van der Waals surface area contributed by atoms with Gasteiger partial charge in [-0.25, -0.2) is 4.98 Å². The minimum Gasteiger partial charge on any atom is -0.458 e. The molecule has 266 valence electrons. The first-order valence-electron chi connectivity index (χ1n) is 19.2. The van der Waals surface area contributed by atoms with Crippen LogP contribution in [0.2, 0.25) is 0 Å². The fourth-order valence-electron chi connectivity index (χ4n) is 8.77. The largest absolute Gasteiger partial charge is 0.458 e. The molecule has 0 aliphatic rings. The van der Waals surface area contributed by atoms with Gasteiger partial charge in [0.25, 0.3) is 6.33 Å². The molecular weight excluding hydrogens is 697 g/mol. The second-order valence-corrected chi connectivity index (χ2v) is 14.6. The van der Waals surface area contributed by atoms with E-state index in [1.54, 1.807) is 0 Å². The maximum Gasteiger partial charge on any atom is 0.269 e. The molecule has 0 unspecified atom stereocenters. The number of hydrogen-bond donors (Lipinski definition) is 0. The lowest BCUT2D eigenvalue weighted by Gasteiger charge is -2.16. The van der Waals surface area contributed by atoms with Crippen LogP contribution in [-0.2, 0) is 0 Å². The number of nitrogens with zero attached hydrogens (tertiary/aromatic N) is 4. The van der Waals surface area contributed by atoms with E-state index in [2.05, 4.69) is 196 Å². The lowest BCUT2D eigenvalue weighted by molar-refractivity contribution is -0.572. The number of pyridine rings is 1. The van der Waals surface area contributed by atoms with Gasteiger partial charge >= 0.3 is 0 Å². The zero-order valence-electron chi connectivity index (χ0n) is 30.7. The van der Waals surface area contributed by atoms with Gasteiger partial charge in [-0.3, -0.25) is 13.7 Å². The molecule has 3 aromatic heterocycles. The van der Waals surface area contributed by atoms with Crippen LogP contribution in [0.4, 0.5) is 0 Å². The summed E-state index contributed by atoms with van der Waals surface area (Å²) in [6.07, 6.45) is 3.59. The van der Waals surface area contributed by atoms with Gasteiger partial charge in [-0.1, -0.05) is 127 Å². The molecule has 57 heavy (non-hydrogen) atoms. The Morgan fingerprint density at radius 2 is 1.11 bits per heavy atom. The Kier molecular flexibility index (Phi) is 6.86. The summed E-state index contributed by atoms with van der Waals surface area (Å²) in [4.78, 5) is 5.52. The Bertz CT molecular complexity index is 3560. The number of ether oxygens (including phenoxy) is 1. The van der Waals surface area contributed by atoms with E-state index in [9.17, 15) is 0 Å². The highest BCUT2D eigenvalue weighted by atomic mass is 16.5. The maximum atomic E-state index is 6.73. The molecule has 0 saturated carbocycles. The molecule has 5 heteroatoms. The third-order valence-corrected chi connectivity index (χ3v) is 11.3. The van der Waals surface area contributed by atoms with Crippen molar-refractivity contribution in [2.75, 3.05) is 0 Å². The Balaban J connectivity index is 1.04. The molecule has 0 spiro atoms. The van der Waals surface area contributed by atoms with Crippen molar-refractivity contribution < 1.29 is 9.30 Å². The molecule has 3 heterocycles. The van der Waals surface area contributed by atoms with Gasteiger partial charge < -0.3 is 4.74 Å². The molecule has 9 aromatic carbocycles. The van der Waals surface area contributed by atoms with Gasteiger partial charge in [0.05, 0.1) is 39.0 Å². The second kappa shape index (κ2) is 12.4. The average molecular weight is 729 g/mol. The SMILES string of the molecule is [c-]1n(-c2cccc(Oc3ccc4c5ccccc5n(-c5nc6ccc7ccccc7c6c6c5ccc5ccccc56)c4c3)c2)c2ccccc2[n+]1-c1ccccc1. The van der Waals surface area contributed by atoms with Crippen LogP contribution in [0.5, 0.6) is 11.5 Å². The highest BCUT2D eigenvalue weighted by Crippen LogP contribution is 2.42. The molecular formula is C52H32N4O. The lowest BCUT2D eigenvalue weighted by Crippen LogP contribution is -2.29. The highest BCUT2D eigenvalue weighted by molar-refractivity contribution is 6.28. The van der Waals surface area contributed by atoms with E-state index in [4.69, 9.17) is 9.72 Å². The molecule has 0 amide bonds. The van der Waals surface area contributed by atoms with Gasteiger partial charge in [-0.15, -0.1) is 0 Å². The fraction of sp³-hybridized carbons (Fsp3) is 0. The van der Waals surface area contributed by atoms with Crippen molar-refractivity contribution in [1.29, 1.82) is 0 Å². The van der Waals surface area contributed by atoms with E-state index in [1.807, 2.05) is 18.2 Å². The van der Waals surface area contributed by atoms with Crippen molar-refractivity contribution in [1.82, 2.24) is 14.1 Å². The topological polar surface area (TPSA) is 35.9 Å². The first-order valence-corrected chi connectivity index (χ1v) is 19.2. The second-order valence-electron chi connectivity index (χ2n) is 14.6. The standard InChI is InChI=1S/C52H32N4O/c1-2-15-36(16-3-1)54-33-55(48-24-11-10-23-47(48)54)37-17-12-18-38(31-37)57-39-27-29-43-42-21-8-9-22-46(42)56(49(43)32-39)52-44-28-25-34-13-4-6-19-40(34)50(44)51-41-20-7-5-14-35(41)26-30-45(51)53-52/h1-32H. The third kappa shape index (κ3) is 4.89. The zero-order valence-corrected chi connectivity index (χ0v) is 30.7. The van der Waals surface area contributed by atoms with E-state index in [0.29, 0.717) is 0 Å². The van der Waals surface area contributed by atoms with Crippen LogP contribution in [0.3, 0.4) is 0 Å². The van der Waals surface area contributed by atoms with Crippen LogP contribution in [0.25, 0.3) is 93.3 Å². The normalized spacial score (nSPS) is 11.9. The number of benzene rings is 9. The molecule has 5 nitrogen and oxygen atoms in total. The first kappa shape index (κ1) is 31.6. The van der Waals surface area contributed by atoms with Crippen molar-refractivity contribution in [2.45, 2.75) is 0 Å². The van der Waals surface area contributed by atoms with E-state index >= 15 is 0 Å². The van der Waals surface area contributed by atoms with Crippen LogP contribution in [-0.4, -0.2) is 14.1 Å². The van der Waals surface area contributed by atoms with Gasteiger partial charge in [0.1, 0.15) is 17.3 Å². The number of aromatic nitrogens is 4. The predicted octanol–water partition coefficient (Wildman–Crippen LogP) is 12.6. The van der Waals surface area contributed by atoms with Gasteiger partial charge in [-0.2, -0.15) is 0 Å². The Hall–Kier alpha value is -7.76. The molecule has 0 atom stereocenters. The van der Waals surface area contributed by atoms with Crippen molar-refractivity contribution in [3.05, 3.63) is 200 Å². The van der Waals surface area contributed by atoms with Crippen LogP contribution in [0.15, 0.2) is 194 Å². The van der Waals surface area contributed by atoms with Crippen LogP contribution in [0.1, 0.15) is 0 Å². The Labute approximate surface area is 327 Å². The highest BCUT2D eigenvalue weighted by Gasteiger charge is 2.20. The minimum atomic E-state index is 0.736. The van der Waals surface area contributed by atoms with Crippen LogP contribution >= 0.6 is 0 Å². The number of fused-ring (bicyclic) bond motifs is 11. The summed E-state index contributed by atoms with van der Waals surface area (Å²) in [7, 11) is 0. The number of para-hydroxylation sites is 4. The smallest absolute Gasteiger partial charge is 0.269 e. The molecule has 0 saturated heterocycles. The van der Waals surface area contributed by atoms with Gasteiger partial charge in [0, 0.05) is 33.0 Å². The van der Waals surface area contributed by atoms with Gasteiger partial charge in [0.2, 0.25) is 0 Å².